The van der Waals surface area contributed by atoms with Gasteiger partial charge in [0.15, 0.2) is 0 Å². The van der Waals surface area contributed by atoms with E-state index < -0.39 is 27.1 Å². The Morgan fingerprint density at radius 1 is 1.14 bits per heavy atom. The van der Waals surface area contributed by atoms with Crippen LogP contribution in [0.25, 0.3) is 11.4 Å². The molecule has 0 unspecified atom stereocenters. The molecule has 12 heteroatoms. The van der Waals surface area contributed by atoms with E-state index in [4.69, 9.17) is 11.6 Å². The number of carbonyl (C=O) groups is 1. The van der Waals surface area contributed by atoms with Gasteiger partial charge in [0.2, 0.25) is 10.0 Å². The van der Waals surface area contributed by atoms with Crippen LogP contribution in [0.5, 0.6) is 0 Å². The van der Waals surface area contributed by atoms with Crippen molar-refractivity contribution in [2.24, 2.45) is 7.05 Å². The molecular weight excluding hydrogens is 500 g/mol. The number of halogens is 3. The van der Waals surface area contributed by atoms with Gasteiger partial charge in [-0.05, 0) is 49.2 Å². The zero-order valence-corrected chi connectivity index (χ0v) is 20.2. The number of hydrogen-bond donors (Lipinski definition) is 2. The average molecular weight is 522 g/mol. The molecule has 2 N–H and O–H groups in total. The van der Waals surface area contributed by atoms with Gasteiger partial charge in [0.25, 0.3) is 11.8 Å². The SMILES string of the molecule is Cn1cc(C(=O)Nc2cc(Cl)cc(NS(=O)(=O)C3CC3)c2)cc1-c1ccc(N2CC(F)(F)C2)cn1. The Bertz CT molecular complexity index is 1400. The Morgan fingerprint density at radius 3 is 2.49 bits per heavy atom. The Labute approximate surface area is 206 Å². The number of aromatic nitrogens is 2. The summed E-state index contributed by atoms with van der Waals surface area (Å²) in [5, 5.41) is 2.62. The summed E-state index contributed by atoms with van der Waals surface area (Å²) in [5.41, 5.74) is 2.84. The van der Waals surface area contributed by atoms with Gasteiger partial charge < -0.3 is 14.8 Å². The molecule has 3 aromatic rings. The molecule has 184 valence electrons. The quantitative estimate of drug-likeness (QED) is 0.482. The van der Waals surface area contributed by atoms with Gasteiger partial charge >= 0.3 is 0 Å². The number of sulfonamides is 1. The minimum atomic E-state index is -3.47. The lowest BCUT2D eigenvalue weighted by atomic mass is 10.1. The molecule has 3 heterocycles. The minimum absolute atomic E-state index is 0.273. The summed E-state index contributed by atoms with van der Waals surface area (Å²) in [4.78, 5) is 18.8. The topological polar surface area (TPSA) is 96.3 Å². The molecular formula is C23H22ClF2N5O3S. The van der Waals surface area contributed by atoms with E-state index >= 15 is 0 Å². The van der Waals surface area contributed by atoms with Crippen molar-refractivity contribution in [1.29, 1.82) is 0 Å². The first-order valence-electron chi connectivity index (χ1n) is 10.9. The standard InChI is InChI=1S/C23H22ClF2N5O3S/c1-30-11-14(6-21(30)20-5-2-18(10-27-20)31-12-23(25,26)13-31)22(32)28-16-7-15(24)8-17(9-16)29-35(33,34)19-3-4-19/h2,5-11,19,29H,3-4,12-13H2,1H3,(H,28,32). The molecule has 2 aliphatic rings. The number of aryl methyl sites for hydroxylation is 1. The van der Waals surface area contributed by atoms with Gasteiger partial charge in [0.05, 0.1) is 52.9 Å². The van der Waals surface area contributed by atoms with Gasteiger partial charge in [-0.25, -0.2) is 17.2 Å². The molecule has 1 saturated carbocycles. The Balaban J connectivity index is 1.30. The molecule has 1 aliphatic carbocycles. The third kappa shape index (κ3) is 5.10. The zero-order valence-electron chi connectivity index (χ0n) is 18.6. The molecule has 35 heavy (non-hydrogen) atoms. The van der Waals surface area contributed by atoms with Crippen LogP contribution in [0.4, 0.5) is 25.8 Å². The number of amides is 1. The van der Waals surface area contributed by atoms with Crippen LogP contribution in [-0.2, 0) is 17.1 Å². The number of nitrogens with one attached hydrogen (secondary N) is 2. The predicted octanol–water partition coefficient (Wildman–Crippen LogP) is 4.35. The van der Waals surface area contributed by atoms with Crippen molar-refractivity contribution in [3.63, 3.8) is 0 Å². The molecule has 8 nitrogen and oxygen atoms in total. The number of rotatable bonds is 7. The lowest BCUT2D eigenvalue weighted by Gasteiger charge is -2.40. The number of hydrogen-bond acceptors (Lipinski definition) is 5. The Kier molecular flexibility index (Phi) is 5.71. The van der Waals surface area contributed by atoms with Gasteiger partial charge in [0, 0.05) is 24.0 Å². The molecule has 0 atom stereocenters. The van der Waals surface area contributed by atoms with E-state index in [-0.39, 0.29) is 23.8 Å². The molecule has 1 aromatic carbocycles. The first-order chi connectivity index (χ1) is 16.5. The second-order valence-corrected chi connectivity index (χ2v) is 11.3. The fraction of sp³-hybridized carbons (Fsp3) is 0.304. The first-order valence-corrected chi connectivity index (χ1v) is 12.8. The molecule has 0 spiro atoms. The van der Waals surface area contributed by atoms with Crippen LogP contribution in [0.2, 0.25) is 5.02 Å². The van der Waals surface area contributed by atoms with Crippen LogP contribution < -0.4 is 14.9 Å². The summed E-state index contributed by atoms with van der Waals surface area (Å²) in [6.45, 7) is -0.647. The van der Waals surface area contributed by atoms with Crippen molar-refractivity contribution in [3.05, 3.63) is 59.4 Å². The van der Waals surface area contributed by atoms with Crippen LogP contribution >= 0.6 is 11.6 Å². The summed E-state index contributed by atoms with van der Waals surface area (Å²) in [7, 11) is -1.71. The highest BCUT2D eigenvalue weighted by molar-refractivity contribution is 7.93. The molecule has 0 bridgehead atoms. The first kappa shape index (κ1) is 23.6. The fourth-order valence-corrected chi connectivity index (χ4v) is 5.52. The predicted molar refractivity (Wildman–Crippen MR) is 131 cm³/mol. The number of nitrogens with zero attached hydrogens (tertiary/aromatic N) is 3. The maximum atomic E-state index is 13.1. The van der Waals surface area contributed by atoms with E-state index in [0.29, 0.717) is 41.2 Å². The summed E-state index contributed by atoms with van der Waals surface area (Å²) in [5.74, 6) is -3.07. The largest absolute Gasteiger partial charge is 0.358 e. The number of carbonyl (C=O) groups excluding carboxylic acids is 1. The summed E-state index contributed by atoms with van der Waals surface area (Å²) < 4.78 is 54.9. The lowest BCUT2D eigenvalue weighted by Crippen LogP contribution is -2.56. The maximum absolute atomic E-state index is 13.1. The van der Waals surface area contributed by atoms with Crippen molar-refractivity contribution >= 4 is 44.6 Å². The van der Waals surface area contributed by atoms with E-state index in [1.54, 1.807) is 40.9 Å². The number of benzene rings is 1. The van der Waals surface area contributed by atoms with Crippen LogP contribution in [0.3, 0.4) is 0 Å². The number of anilines is 3. The third-order valence-electron chi connectivity index (χ3n) is 5.87. The van der Waals surface area contributed by atoms with Gasteiger partial charge in [0.1, 0.15) is 0 Å². The number of alkyl halides is 2. The van der Waals surface area contributed by atoms with E-state index in [1.807, 2.05) is 0 Å². The van der Waals surface area contributed by atoms with E-state index in [2.05, 4.69) is 15.0 Å². The minimum Gasteiger partial charge on any atom is -0.358 e. The summed E-state index contributed by atoms with van der Waals surface area (Å²) in [6.07, 6.45) is 4.42. The van der Waals surface area contributed by atoms with Crippen molar-refractivity contribution in [1.82, 2.24) is 9.55 Å². The van der Waals surface area contributed by atoms with E-state index in [0.717, 1.165) is 0 Å². The van der Waals surface area contributed by atoms with Gasteiger partial charge in [-0.1, -0.05) is 11.6 Å². The van der Waals surface area contributed by atoms with Crippen LogP contribution in [0.15, 0.2) is 48.8 Å². The van der Waals surface area contributed by atoms with Crippen molar-refractivity contribution in [2.75, 3.05) is 28.0 Å². The maximum Gasteiger partial charge on any atom is 0.282 e. The smallest absolute Gasteiger partial charge is 0.282 e. The molecule has 1 saturated heterocycles. The second-order valence-electron chi connectivity index (χ2n) is 8.87. The van der Waals surface area contributed by atoms with Crippen molar-refractivity contribution in [2.45, 2.75) is 24.0 Å². The molecule has 5 rings (SSSR count). The Hall–Kier alpha value is -3.18. The van der Waals surface area contributed by atoms with Gasteiger partial charge in [-0.3, -0.25) is 14.5 Å². The monoisotopic (exact) mass is 521 g/mol. The van der Waals surface area contributed by atoms with Crippen LogP contribution in [-0.4, -0.2) is 48.1 Å². The van der Waals surface area contributed by atoms with Gasteiger partial charge in [-0.2, -0.15) is 0 Å². The van der Waals surface area contributed by atoms with Crippen molar-refractivity contribution in [3.8, 4) is 11.4 Å². The molecule has 1 aliphatic heterocycles. The third-order valence-corrected chi connectivity index (χ3v) is 7.95. The second kappa shape index (κ2) is 8.49. The van der Waals surface area contributed by atoms with Crippen LogP contribution in [0, 0.1) is 0 Å². The lowest BCUT2D eigenvalue weighted by molar-refractivity contribution is -0.0262. The molecule has 2 aromatic heterocycles. The summed E-state index contributed by atoms with van der Waals surface area (Å²) >= 11 is 6.13. The molecule has 2 fully saturated rings. The summed E-state index contributed by atoms with van der Waals surface area (Å²) in [6, 6.07) is 9.62. The van der Waals surface area contributed by atoms with Crippen LogP contribution in [0.1, 0.15) is 23.2 Å². The molecule has 0 radical (unpaired) electrons. The van der Waals surface area contributed by atoms with Crippen molar-refractivity contribution < 1.29 is 22.0 Å². The van der Waals surface area contributed by atoms with E-state index in [1.165, 1.54) is 24.4 Å². The number of pyridine rings is 1. The molecule has 1 amide bonds. The van der Waals surface area contributed by atoms with Gasteiger partial charge in [-0.15, -0.1) is 0 Å². The highest BCUT2D eigenvalue weighted by Crippen LogP contribution is 2.33. The zero-order chi connectivity index (χ0) is 25.0. The Morgan fingerprint density at radius 2 is 1.86 bits per heavy atom. The normalized spacial score (nSPS) is 17.1. The highest BCUT2D eigenvalue weighted by Gasteiger charge is 2.44. The van der Waals surface area contributed by atoms with E-state index in [9.17, 15) is 22.0 Å². The highest BCUT2D eigenvalue weighted by atomic mass is 35.5. The fourth-order valence-electron chi connectivity index (χ4n) is 3.91. The average Bonchev–Trinajstić information content (AvgIpc) is 3.54.